The SMILES string of the molecule is CCC/C=C\C/C=C\CCCCCCCC(=O)OC(CO)COP(=O)(O)OCC(COC(=O)CCCCCCC/C=C\CCCCCCCC)OC(=O)CCCCCCCCCCCCCCCCCCCCC. The Kier molecular flexibility index (Phi) is 55.1. The van der Waals surface area contributed by atoms with E-state index < -0.39 is 57.8 Å². The van der Waals surface area contributed by atoms with Crippen LogP contribution in [0.5, 0.6) is 0 Å². The van der Waals surface area contributed by atoms with Gasteiger partial charge < -0.3 is 24.2 Å². The van der Waals surface area contributed by atoms with E-state index in [0.29, 0.717) is 19.3 Å². The van der Waals surface area contributed by atoms with E-state index in [1.165, 1.54) is 141 Å². The lowest BCUT2D eigenvalue weighted by atomic mass is 10.0. The quantitative estimate of drug-likeness (QED) is 0.0197. The first-order valence-electron chi connectivity index (χ1n) is 30.9. The molecule has 0 bridgehead atoms. The van der Waals surface area contributed by atoms with Gasteiger partial charge in [0.2, 0.25) is 0 Å². The molecule has 11 nitrogen and oxygen atoms in total. The summed E-state index contributed by atoms with van der Waals surface area (Å²) in [5, 5.41) is 9.82. The number of esters is 3. The predicted octanol–water partition coefficient (Wildman–Crippen LogP) is 18.4. The summed E-state index contributed by atoms with van der Waals surface area (Å²) in [6, 6.07) is 0. The minimum Gasteiger partial charge on any atom is -0.462 e. The van der Waals surface area contributed by atoms with E-state index >= 15 is 0 Å². The number of carbonyl (C=O) groups is 3. The first-order valence-corrected chi connectivity index (χ1v) is 32.4. The van der Waals surface area contributed by atoms with Crippen molar-refractivity contribution in [2.75, 3.05) is 26.4 Å². The molecule has 3 unspecified atom stereocenters. The molecule has 0 aliphatic heterocycles. The van der Waals surface area contributed by atoms with Gasteiger partial charge in [0.1, 0.15) is 12.7 Å². The zero-order valence-electron chi connectivity index (χ0n) is 48.1. The van der Waals surface area contributed by atoms with Crippen LogP contribution in [0, 0.1) is 0 Å². The van der Waals surface area contributed by atoms with E-state index in [1.807, 2.05) is 0 Å². The highest BCUT2D eigenvalue weighted by molar-refractivity contribution is 7.47. The standard InChI is InChI=1S/C62H115O11P/c1-4-7-10-13-16-19-22-25-27-28-29-30-32-35-38-41-44-47-50-53-62(66)73-59(55-69-60(64)51-48-45-42-39-36-34-31-26-23-20-17-14-11-8-5-2)57-71-74(67,68)70-56-58(54-63)72-61(65)52-49-46-43-40-37-33-24-21-18-15-12-9-6-3/h12,15,21,24,26,31,58-59,63H,4-11,13-14,16-20,22-23,25,27-30,32-57H2,1-3H3,(H,67,68)/b15-12-,24-21-,31-26-. The second-order valence-corrected chi connectivity index (χ2v) is 22.3. The molecule has 0 aromatic carbocycles. The number of carbonyl (C=O) groups excluding carboxylic acids is 3. The van der Waals surface area contributed by atoms with Crippen molar-refractivity contribution in [1.29, 1.82) is 0 Å². The lowest BCUT2D eigenvalue weighted by Gasteiger charge is -2.21. The Bertz CT molecular complexity index is 1380. The summed E-state index contributed by atoms with van der Waals surface area (Å²) in [6.45, 7) is 4.61. The molecule has 2 N–H and O–H groups in total. The zero-order chi connectivity index (χ0) is 54.1. The van der Waals surface area contributed by atoms with Gasteiger partial charge in [-0.15, -0.1) is 0 Å². The maximum atomic E-state index is 12.9. The largest absolute Gasteiger partial charge is 0.472 e. The average Bonchev–Trinajstić information content (AvgIpc) is 3.39. The summed E-state index contributed by atoms with van der Waals surface area (Å²) < 4.78 is 39.6. The Morgan fingerprint density at radius 2 is 0.689 bits per heavy atom. The average molecular weight is 1070 g/mol. The van der Waals surface area contributed by atoms with Gasteiger partial charge in [-0.05, 0) is 70.6 Å². The maximum Gasteiger partial charge on any atom is 0.472 e. The molecule has 434 valence electrons. The highest BCUT2D eigenvalue weighted by Gasteiger charge is 2.28. The van der Waals surface area contributed by atoms with Gasteiger partial charge in [-0.3, -0.25) is 23.4 Å². The molecule has 0 fully saturated rings. The summed E-state index contributed by atoms with van der Waals surface area (Å²) in [6.07, 6.45) is 59.6. The van der Waals surface area contributed by atoms with E-state index in [1.54, 1.807) is 0 Å². The molecular formula is C62H115O11P. The third-order valence-corrected chi connectivity index (χ3v) is 14.5. The molecule has 74 heavy (non-hydrogen) atoms. The molecule has 0 aromatic heterocycles. The third-order valence-electron chi connectivity index (χ3n) is 13.5. The van der Waals surface area contributed by atoms with E-state index in [-0.39, 0.29) is 25.9 Å². The van der Waals surface area contributed by atoms with Crippen molar-refractivity contribution in [3.8, 4) is 0 Å². The number of rotatable bonds is 58. The number of phosphoric acid groups is 1. The van der Waals surface area contributed by atoms with Crippen LogP contribution in [0.15, 0.2) is 36.5 Å². The van der Waals surface area contributed by atoms with Gasteiger partial charge in [-0.1, -0.05) is 250 Å². The molecule has 0 radical (unpaired) electrons. The first kappa shape index (κ1) is 71.7. The van der Waals surface area contributed by atoms with E-state index in [0.717, 1.165) is 103 Å². The van der Waals surface area contributed by atoms with E-state index in [9.17, 15) is 28.9 Å². The first-order chi connectivity index (χ1) is 36.2. The summed E-state index contributed by atoms with van der Waals surface area (Å²) in [4.78, 5) is 48.6. The monoisotopic (exact) mass is 1070 g/mol. The number of unbranched alkanes of at least 4 members (excludes halogenated alkanes) is 35. The van der Waals surface area contributed by atoms with Crippen LogP contribution in [0.2, 0.25) is 0 Å². The van der Waals surface area contributed by atoms with Gasteiger partial charge in [-0.25, -0.2) is 4.57 Å². The number of allylic oxidation sites excluding steroid dienone is 6. The summed E-state index contributed by atoms with van der Waals surface area (Å²) in [7, 11) is -4.75. The number of ether oxygens (including phenoxy) is 3. The summed E-state index contributed by atoms with van der Waals surface area (Å²) in [5.41, 5.74) is 0. The molecule has 0 aliphatic rings. The molecule has 0 heterocycles. The topological polar surface area (TPSA) is 155 Å². The van der Waals surface area contributed by atoms with Crippen molar-refractivity contribution < 1.29 is 52.2 Å². The van der Waals surface area contributed by atoms with Crippen LogP contribution in [0.4, 0.5) is 0 Å². The molecule has 0 aliphatic carbocycles. The zero-order valence-corrected chi connectivity index (χ0v) is 49.0. The molecule has 0 saturated heterocycles. The van der Waals surface area contributed by atoms with Crippen LogP contribution in [0.3, 0.4) is 0 Å². The normalized spacial score (nSPS) is 13.5. The Morgan fingerprint density at radius 3 is 1.07 bits per heavy atom. The molecule has 0 spiro atoms. The fourth-order valence-electron chi connectivity index (χ4n) is 8.80. The van der Waals surface area contributed by atoms with Crippen molar-refractivity contribution in [1.82, 2.24) is 0 Å². The smallest absolute Gasteiger partial charge is 0.462 e. The van der Waals surface area contributed by atoms with E-state index in [2.05, 4.69) is 57.2 Å². The van der Waals surface area contributed by atoms with Gasteiger partial charge in [0.15, 0.2) is 6.10 Å². The molecular weight excluding hydrogens is 952 g/mol. The van der Waals surface area contributed by atoms with Crippen LogP contribution in [-0.4, -0.2) is 66.5 Å². The second-order valence-electron chi connectivity index (χ2n) is 20.9. The summed E-state index contributed by atoms with van der Waals surface area (Å²) in [5.74, 6) is -1.47. The number of aliphatic hydroxyl groups is 1. The Balaban J connectivity index is 4.68. The number of aliphatic hydroxyl groups excluding tert-OH is 1. The van der Waals surface area contributed by atoms with Crippen molar-refractivity contribution in [2.45, 2.75) is 315 Å². The molecule has 3 atom stereocenters. The van der Waals surface area contributed by atoms with Crippen molar-refractivity contribution in [3.63, 3.8) is 0 Å². The van der Waals surface area contributed by atoms with Gasteiger partial charge >= 0.3 is 25.7 Å². The van der Waals surface area contributed by atoms with Crippen LogP contribution >= 0.6 is 7.82 Å². The Morgan fingerprint density at radius 1 is 0.378 bits per heavy atom. The van der Waals surface area contributed by atoms with Crippen molar-refractivity contribution >= 4 is 25.7 Å². The van der Waals surface area contributed by atoms with Crippen LogP contribution in [0.1, 0.15) is 303 Å². The van der Waals surface area contributed by atoms with Gasteiger partial charge in [-0.2, -0.15) is 0 Å². The van der Waals surface area contributed by atoms with Crippen LogP contribution in [0.25, 0.3) is 0 Å². The Hall–Kier alpha value is -2.30. The lowest BCUT2D eigenvalue weighted by Crippen LogP contribution is -2.30. The molecule has 0 amide bonds. The predicted molar refractivity (Wildman–Crippen MR) is 307 cm³/mol. The number of hydrogen-bond donors (Lipinski definition) is 2. The highest BCUT2D eigenvalue weighted by Crippen LogP contribution is 2.43. The fourth-order valence-corrected chi connectivity index (χ4v) is 9.59. The van der Waals surface area contributed by atoms with Crippen LogP contribution in [-0.2, 0) is 42.2 Å². The third kappa shape index (κ3) is 54.5. The van der Waals surface area contributed by atoms with Gasteiger partial charge in [0.05, 0.1) is 19.8 Å². The van der Waals surface area contributed by atoms with Gasteiger partial charge in [0, 0.05) is 19.3 Å². The minimum atomic E-state index is -4.75. The van der Waals surface area contributed by atoms with Crippen LogP contribution < -0.4 is 0 Å². The molecule has 0 aromatic rings. The lowest BCUT2D eigenvalue weighted by molar-refractivity contribution is -0.161. The number of phosphoric ester groups is 1. The highest BCUT2D eigenvalue weighted by atomic mass is 31.2. The van der Waals surface area contributed by atoms with Gasteiger partial charge in [0.25, 0.3) is 0 Å². The fraction of sp³-hybridized carbons (Fsp3) is 0.855. The second kappa shape index (κ2) is 56.9. The maximum absolute atomic E-state index is 12.9. The summed E-state index contributed by atoms with van der Waals surface area (Å²) >= 11 is 0. The van der Waals surface area contributed by atoms with Crippen molar-refractivity contribution in [3.05, 3.63) is 36.5 Å². The molecule has 0 rings (SSSR count). The molecule has 0 saturated carbocycles. The number of hydrogen-bond acceptors (Lipinski definition) is 10. The van der Waals surface area contributed by atoms with E-state index in [4.69, 9.17) is 23.3 Å². The Labute approximate surface area is 454 Å². The minimum absolute atomic E-state index is 0.163. The van der Waals surface area contributed by atoms with Crippen molar-refractivity contribution in [2.24, 2.45) is 0 Å². The molecule has 12 heteroatoms.